The minimum atomic E-state index is -4.55. The molecule has 4 nitrogen and oxygen atoms in total. The summed E-state index contributed by atoms with van der Waals surface area (Å²) in [6.45, 7) is 1.81. The van der Waals surface area contributed by atoms with Crippen molar-refractivity contribution in [3.63, 3.8) is 0 Å². The molecule has 0 radical (unpaired) electrons. The van der Waals surface area contributed by atoms with Gasteiger partial charge in [-0.05, 0) is 19.1 Å². The molecule has 2 N–H and O–H groups in total. The lowest BCUT2D eigenvalue weighted by molar-refractivity contribution is -0.136. The molecular formula is C13H17F3N2O2S. The van der Waals surface area contributed by atoms with Crippen LogP contribution in [0.25, 0.3) is 0 Å². The maximum absolute atomic E-state index is 12.9. The Hall–Kier alpha value is -1.57. The van der Waals surface area contributed by atoms with E-state index < -0.39 is 28.4 Å². The molecule has 0 aromatic heterocycles. The third-order valence-corrected chi connectivity index (χ3v) is 4.28. The van der Waals surface area contributed by atoms with Gasteiger partial charge in [-0.25, -0.2) is 0 Å². The topological polar surface area (TPSA) is 58.2 Å². The summed E-state index contributed by atoms with van der Waals surface area (Å²) in [4.78, 5) is 12.0. The number of alkyl halides is 3. The molecule has 2 unspecified atom stereocenters. The Labute approximate surface area is 123 Å². The number of anilines is 1. The van der Waals surface area contributed by atoms with Gasteiger partial charge < -0.3 is 10.6 Å². The van der Waals surface area contributed by atoms with Crippen molar-refractivity contribution in [2.45, 2.75) is 18.3 Å². The number of amides is 1. The van der Waals surface area contributed by atoms with E-state index in [1.165, 1.54) is 25.4 Å². The van der Waals surface area contributed by atoms with E-state index in [9.17, 15) is 22.2 Å². The molecule has 118 valence electrons. The molecule has 0 aliphatic carbocycles. The summed E-state index contributed by atoms with van der Waals surface area (Å²) in [5.74, 6) is -0.636. The summed E-state index contributed by atoms with van der Waals surface area (Å²) in [5, 5.41) is 4.64. The maximum atomic E-state index is 12.9. The number of hydrogen-bond acceptors (Lipinski definition) is 3. The number of hydrogen-bond donors (Lipinski definition) is 2. The van der Waals surface area contributed by atoms with Gasteiger partial charge in [0.2, 0.25) is 0 Å². The van der Waals surface area contributed by atoms with Crippen molar-refractivity contribution in [2.24, 2.45) is 0 Å². The molecule has 8 heteroatoms. The van der Waals surface area contributed by atoms with Gasteiger partial charge in [0, 0.05) is 35.9 Å². The number of carbonyl (C=O) groups is 1. The predicted molar refractivity (Wildman–Crippen MR) is 76.9 cm³/mol. The standard InChI is InChI=1S/C13H17F3N2O2S/c1-8(21(3)20)7-18-12(19)9-5-4-6-10(11(9)17-2)13(14,15)16/h4-6,8,17H,7H2,1-3H3,(H,18,19). The van der Waals surface area contributed by atoms with Crippen molar-refractivity contribution >= 4 is 22.4 Å². The molecule has 0 bridgehead atoms. The first-order chi connectivity index (χ1) is 9.68. The molecule has 0 spiro atoms. The third-order valence-electron chi connectivity index (χ3n) is 2.98. The summed E-state index contributed by atoms with van der Waals surface area (Å²) >= 11 is 0. The highest BCUT2D eigenvalue weighted by atomic mass is 32.2. The summed E-state index contributed by atoms with van der Waals surface area (Å²) in [7, 11) is 0.205. The molecule has 1 rings (SSSR count). The van der Waals surface area contributed by atoms with Gasteiger partial charge in [-0.2, -0.15) is 13.2 Å². The number of halogens is 3. The first kappa shape index (κ1) is 17.5. The minimum Gasteiger partial charge on any atom is -0.387 e. The van der Waals surface area contributed by atoms with Crippen LogP contribution in [0.2, 0.25) is 0 Å². The highest BCUT2D eigenvalue weighted by Crippen LogP contribution is 2.36. The van der Waals surface area contributed by atoms with Gasteiger partial charge in [0.15, 0.2) is 0 Å². The molecule has 21 heavy (non-hydrogen) atoms. The zero-order chi connectivity index (χ0) is 16.2. The fourth-order valence-electron chi connectivity index (χ4n) is 1.70. The van der Waals surface area contributed by atoms with Crippen LogP contribution < -0.4 is 10.6 Å². The SMILES string of the molecule is CNc1c(C(=O)NCC(C)S(C)=O)cccc1C(F)(F)F. The van der Waals surface area contributed by atoms with Crippen LogP contribution in [-0.4, -0.2) is 35.2 Å². The lowest BCUT2D eigenvalue weighted by Gasteiger charge is -2.17. The third kappa shape index (κ3) is 4.45. The van der Waals surface area contributed by atoms with Gasteiger partial charge in [-0.15, -0.1) is 0 Å². The summed E-state index contributed by atoms with van der Waals surface area (Å²) < 4.78 is 49.9. The average molecular weight is 322 g/mol. The summed E-state index contributed by atoms with van der Waals surface area (Å²) in [6, 6.07) is 3.40. The predicted octanol–water partition coefficient (Wildman–Crippen LogP) is 2.24. The molecule has 1 amide bonds. The van der Waals surface area contributed by atoms with Crippen LogP contribution in [0.4, 0.5) is 18.9 Å². The van der Waals surface area contributed by atoms with Crippen LogP contribution in [0.15, 0.2) is 18.2 Å². The quantitative estimate of drug-likeness (QED) is 0.874. The van der Waals surface area contributed by atoms with Gasteiger partial charge in [0.05, 0.1) is 16.8 Å². The molecule has 1 aromatic carbocycles. The van der Waals surface area contributed by atoms with Gasteiger partial charge in [0.25, 0.3) is 5.91 Å². The molecule has 0 aliphatic rings. The van der Waals surface area contributed by atoms with Gasteiger partial charge in [-0.3, -0.25) is 9.00 Å². The van der Waals surface area contributed by atoms with E-state index in [1.54, 1.807) is 6.92 Å². The molecule has 0 saturated carbocycles. The van der Waals surface area contributed by atoms with Crippen LogP contribution in [0.3, 0.4) is 0 Å². The van der Waals surface area contributed by atoms with Crippen molar-refractivity contribution in [2.75, 3.05) is 25.2 Å². The molecule has 0 aliphatic heterocycles. The Balaban J connectivity index is 3.02. The Kier molecular flexibility index (Phi) is 5.77. The van der Waals surface area contributed by atoms with Crippen molar-refractivity contribution in [3.05, 3.63) is 29.3 Å². The first-order valence-electron chi connectivity index (χ1n) is 6.16. The van der Waals surface area contributed by atoms with E-state index in [4.69, 9.17) is 0 Å². The lowest BCUT2D eigenvalue weighted by Crippen LogP contribution is -2.33. The van der Waals surface area contributed by atoms with Crippen LogP contribution in [-0.2, 0) is 17.0 Å². The van der Waals surface area contributed by atoms with Gasteiger partial charge in [0.1, 0.15) is 0 Å². The van der Waals surface area contributed by atoms with Crippen molar-refractivity contribution < 1.29 is 22.2 Å². The normalized spacial score (nSPS) is 14.4. The molecule has 2 atom stereocenters. The molecule has 0 saturated heterocycles. The first-order valence-corrected chi connectivity index (χ1v) is 7.79. The summed E-state index contributed by atoms with van der Waals surface area (Å²) in [6.07, 6.45) is -3.05. The van der Waals surface area contributed by atoms with E-state index in [0.29, 0.717) is 0 Å². The Morgan fingerprint density at radius 1 is 1.38 bits per heavy atom. The average Bonchev–Trinajstić information content (AvgIpc) is 2.42. The molecular weight excluding hydrogens is 305 g/mol. The number of nitrogens with one attached hydrogen (secondary N) is 2. The Bertz CT molecular complexity index is 547. The van der Waals surface area contributed by atoms with Gasteiger partial charge >= 0.3 is 6.18 Å². The number of para-hydroxylation sites is 1. The zero-order valence-corrected chi connectivity index (χ0v) is 12.7. The van der Waals surface area contributed by atoms with E-state index in [1.807, 2.05) is 0 Å². The summed E-state index contributed by atoms with van der Waals surface area (Å²) in [5.41, 5.74) is -1.26. The molecule has 0 heterocycles. The minimum absolute atomic E-state index is 0.0959. The highest BCUT2D eigenvalue weighted by Gasteiger charge is 2.34. The molecule has 0 fully saturated rings. The van der Waals surface area contributed by atoms with Crippen LogP contribution in [0.1, 0.15) is 22.8 Å². The smallest absolute Gasteiger partial charge is 0.387 e. The van der Waals surface area contributed by atoms with Crippen molar-refractivity contribution in [3.8, 4) is 0 Å². The zero-order valence-electron chi connectivity index (χ0n) is 11.9. The second kappa shape index (κ2) is 6.93. The second-order valence-electron chi connectivity index (χ2n) is 4.50. The number of carbonyl (C=O) groups excluding carboxylic acids is 1. The Morgan fingerprint density at radius 3 is 2.48 bits per heavy atom. The van der Waals surface area contributed by atoms with E-state index in [2.05, 4.69) is 10.6 Å². The maximum Gasteiger partial charge on any atom is 0.418 e. The van der Waals surface area contributed by atoms with Crippen molar-refractivity contribution in [1.82, 2.24) is 5.32 Å². The largest absolute Gasteiger partial charge is 0.418 e. The van der Waals surface area contributed by atoms with Crippen LogP contribution in [0.5, 0.6) is 0 Å². The fourth-order valence-corrected chi connectivity index (χ4v) is 2.01. The van der Waals surface area contributed by atoms with Crippen LogP contribution in [0, 0.1) is 0 Å². The second-order valence-corrected chi connectivity index (χ2v) is 6.30. The lowest BCUT2D eigenvalue weighted by atomic mass is 10.1. The highest BCUT2D eigenvalue weighted by molar-refractivity contribution is 7.84. The van der Waals surface area contributed by atoms with Crippen LogP contribution >= 0.6 is 0 Å². The monoisotopic (exact) mass is 322 g/mol. The van der Waals surface area contributed by atoms with E-state index in [-0.39, 0.29) is 23.0 Å². The molecule has 1 aromatic rings. The van der Waals surface area contributed by atoms with Gasteiger partial charge in [-0.1, -0.05) is 6.07 Å². The number of rotatable bonds is 5. The van der Waals surface area contributed by atoms with Crippen molar-refractivity contribution in [1.29, 1.82) is 0 Å². The number of benzene rings is 1. The van der Waals surface area contributed by atoms with E-state index >= 15 is 0 Å². The van der Waals surface area contributed by atoms with E-state index in [0.717, 1.165) is 6.07 Å². The Morgan fingerprint density at radius 2 is 2.00 bits per heavy atom. The fraction of sp³-hybridized carbons (Fsp3) is 0.462.